The first kappa shape index (κ1) is 34.3. The van der Waals surface area contributed by atoms with Crippen molar-refractivity contribution in [1.82, 2.24) is 4.57 Å². The van der Waals surface area contributed by atoms with Crippen molar-refractivity contribution in [3.05, 3.63) is 52.2 Å². The predicted molar refractivity (Wildman–Crippen MR) is 195 cm³/mol. The molecule has 51 heavy (non-hydrogen) atoms. The third-order valence-electron chi connectivity index (χ3n) is 16.3. The Hall–Kier alpha value is -2.49. The number of aliphatic carboxylic acids is 1. The number of aromatic nitrogens is 1. The van der Waals surface area contributed by atoms with E-state index in [2.05, 4.69) is 78.7 Å². The first-order chi connectivity index (χ1) is 23.6. The second kappa shape index (κ2) is 9.97. The summed E-state index contributed by atoms with van der Waals surface area (Å²) in [7, 11) is 0. The minimum atomic E-state index is -1.42. The second-order valence-corrected chi connectivity index (χ2v) is 19.6. The molecule has 0 bridgehead atoms. The number of carbonyl (C=O) groups is 1. The SMILES string of the molecule is C=C(C)[C@H]1Cc2c3c(cc4c5c(n1c24)[C@@]1(C)[C@@H](CC[C@@H]2[C@]1(C)CC[C@]1(O)O[C@H](C(O)C(C)C(=O)O)C[C@@]21C)C5)C1=CC(C)(C)OC(C)(C)[C@H]1[C@@H]3O. The summed E-state index contributed by atoms with van der Waals surface area (Å²) >= 11 is 0. The van der Waals surface area contributed by atoms with Crippen LogP contribution in [-0.4, -0.2) is 60.2 Å². The number of aliphatic hydroxyl groups excluding tert-OH is 2. The molecular formula is C43H57NO7. The fourth-order valence-corrected chi connectivity index (χ4v) is 13.9. The van der Waals surface area contributed by atoms with Crippen LogP contribution >= 0.6 is 0 Å². The summed E-state index contributed by atoms with van der Waals surface area (Å²) in [5.41, 5.74) is 7.96. The molecule has 8 nitrogen and oxygen atoms in total. The highest BCUT2D eigenvalue weighted by Crippen LogP contribution is 2.74. The van der Waals surface area contributed by atoms with Gasteiger partial charge in [-0.2, -0.15) is 0 Å². The van der Waals surface area contributed by atoms with Crippen molar-refractivity contribution in [2.24, 2.45) is 34.5 Å². The lowest BCUT2D eigenvalue weighted by Gasteiger charge is -2.65. The van der Waals surface area contributed by atoms with Gasteiger partial charge in [0.2, 0.25) is 0 Å². The van der Waals surface area contributed by atoms with Gasteiger partial charge >= 0.3 is 5.97 Å². The Labute approximate surface area is 301 Å². The molecule has 2 unspecified atom stereocenters. The lowest BCUT2D eigenvalue weighted by atomic mass is 9.40. The Morgan fingerprint density at radius 3 is 2.41 bits per heavy atom. The van der Waals surface area contributed by atoms with Crippen molar-refractivity contribution in [2.45, 2.75) is 154 Å². The fourth-order valence-electron chi connectivity index (χ4n) is 13.9. The van der Waals surface area contributed by atoms with Crippen LogP contribution in [-0.2, 0) is 32.5 Å². The van der Waals surface area contributed by atoms with Gasteiger partial charge in [0.25, 0.3) is 0 Å². The monoisotopic (exact) mass is 699 g/mol. The highest BCUT2D eigenvalue weighted by molar-refractivity contribution is 5.97. The normalized spacial score (nSPS) is 43.4. The van der Waals surface area contributed by atoms with Gasteiger partial charge in [-0.1, -0.05) is 32.9 Å². The van der Waals surface area contributed by atoms with E-state index in [1.165, 1.54) is 45.8 Å². The van der Waals surface area contributed by atoms with E-state index in [1.807, 2.05) is 0 Å². The number of fused-ring (bicyclic) bond motifs is 13. The van der Waals surface area contributed by atoms with Gasteiger partial charge in [0.1, 0.15) is 0 Å². The molecule has 276 valence electrons. The molecule has 0 amide bonds. The van der Waals surface area contributed by atoms with Gasteiger partial charge in [-0.05, 0) is 137 Å². The van der Waals surface area contributed by atoms with E-state index >= 15 is 0 Å². The van der Waals surface area contributed by atoms with Gasteiger partial charge in [0, 0.05) is 34.2 Å². The van der Waals surface area contributed by atoms with Gasteiger partial charge in [-0.15, -0.1) is 0 Å². The Kier molecular flexibility index (Phi) is 6.71. The number of hydrogen-bond acceptors (Lipinski definition) is 6. The van der Waals surface area contributed by atoms with Crippen molar-refractivity contribution in [2.75, 3.05) is 0 Å². The molecule has 1 saturated heterocycles. The lowest BCUT2D eigenvalue weighted by molar-refractivity contribution is -0.301. The van der Waals surface area contributed by atoms with E-state index in [9.17, 15) is 25.2 Å². The number of nitrogens with zero attached hydrogens (tertiary/aromatic N) is 1. The first-order valence-corrected chi connectivity index (χ1v) is 19.4. The van der Waals surface area contributed by atoms with Gasteiger partial charge in [0.05, 0.1) is 47.0 Å². The molecule has 9 rings (SSSR count). The molecule has 2 saturated carbocycles. The molecular weight excluding hydrogens is 642 g/mol. The molecule has 1 aromatic carbocycles. The van der Waals surface area contributed by atoms with Gasteiger partial charge in [-0.3, -0.25) is 4.79 Å². The maximum absolute atomic E-state index is 12.3. The molecule has 3 fully saturated rings. The summed E-state index contributed by atoms with van der Waals surface area (Å²) in [6, 6.07) is 2.50. The first-order valence-electron chi connectivity index (χ1n) is 19.4. The molecule has 3 aliphatic heterocycles. The van der Waals surface area contributed by atoms with E-state index in [-0.39, 0.29) is 28.7 Å². The average Bonchev–Trinajstić information content (AvgIpc) is 3.78. The highest BCUT2D eigenvalue weighted by atomic mass is 16.6. The van der Waals surface area contributed by atoms with E-state index in [4.69, 9.17) is 9.47 Å². The molecule has 4 heterocycles. The zero-order valence-electron chi connectivity index (χ0n) is 31.9. The standard InChI is InChI=1S/C43H57NO7/c1-20(2)28-17-26-31-23(27-18-38(4,5)51-39(6,7)32(27)35(31)46)16-24-25-15-22-11-12-30-40(8,42(22,10)36(25)44(28)33(24)26)13-14-43(49)41(30,9)19-29(50-43)34(45)21(3)37(47)48/h16,18,21-22,28-30,32,34-35,45-46,49H,1,11-15,17,19H2,2-10H3,(H,47,48)/t21?,22-,28+,29-,30+,32+,34?,35+,40-,41-,42+,43-/m0/s1. The largest absolute Gasteiger partial charge is 0.481 e. The van der Waals surface area contributed by atoms with Crippen LogP contribution in [0.25, 0.3) is 16.5 Å². The number of carboxylic acid groups (broad SMARTS) is 1. The van der Waals surface area contributed by atoms with E-state index in [0.717, 1.165) is 43.2 Å². The topological polar surface area (TPSA) is 121 Å². The number of carboxylic acids is 1. The van der Waals surface area contributed by atoms with Crippen LogP contribution in [0.2, 0.25) is 0 Å². The third kappa shape index (κ3) is 3.92. The molecule has 0 radical (unpaired) electrons. The minimum absolute atomic E-state index is 0.0877. The van der Waals surface area contributed by atoms with E-state index in [1.54, 1.807) is 0 Å². The molecule has 2 aromatic rings. The molecule has 7 aliphatic rings. The number of allylic oxidation sites excluding steroid dienone is 1. The maximum Gasteiger partial charge on any atom is 0.308 e. The van der Waals surface area contributed by atoms with Gasteiger partial charge < -0.3 is 34.5 Å². The highest BCUT2D eigenvalue weighted by Gasteiger charge is 2.73. The summed E-state index contributed by atoms with van der Waals surface area (Å²) in [6.07, 6.45) is 5.09. The molecule has 8 heteroatoms. The summed E-state index contributed by atoms with van der Waals surface area (Å²) in [5.74, 6) is -3.07. The Morgan fingerprint density at radius 1 is 1.04 bits per heavy atom. The van der Waals surface area contributed by atoms with E-state index in [0.29, 0.717) is 18.8 Å². The Morgan fingerprint density at radius 2 is 1.75 bits per heavy atom. The molecule has 4 aliphatic carbocycles. The van der Waals surface area contributed by atoms with Crippen molar-refractivity contribution in [3.8, 4) is 0 Å². The number of ether oxygens (including phenoxy) is 2. The van der Waals surface area contributed by atoms with Crippen LogP contribution < -0.4 is 0 Å². The molecule has 1 aromatic heterocycles. The summed E-state index contributed by atoms with van der Waals surface area (Å²) < 4.78 is 15.6. The summed E-state index contributed by atoms with van der Waals surface area (Å²) in [4.78, 5) is 11.8. The molecule has 12 atom stereocenters. The average molecular weight is 700 g/mol. The number of aliphatic hydroxyl groups is 3. The third-order valence-corrected chi connectivity index (χ3v) is 16.3. The van der Waals surface area contributed by atoms with Gasteiger partial charge in [-0.25, -0.2) is 0 Å². The van der Waals surface area contributed by atoms with Gasteiger partial charge in [0.15, 0.2) is 5.79 Å². The fraction of sp³-hybridized carbons (Fsp3) is 0.698. The predicted octanol–water partition coefficient (Wildman–Crippen LogP) is 7.15. The van der Waals surface area contributed by atoms with Crippen LogP contribution in [0.4, 0.5) is 0 Å². The van der Waals surface area contributed by atoms with Crippen molar-refractivity contribution < 1.29 is 34.7 Å². The summed E-state index contributed by atoms with van der Waals surface area (Å²) in [5, 5.41) is 46.7. The Bertz CT molecular complexity index is 1970. The van der Waals surface area contributed by atoms with E-state index < -0.39 is 52.6 Å². The van der Waals surface area contributed by atoms with Crippen LogP contribution in [0, 0.1) is 34.5 Å². The minimum Gasteiger partial charge on any atom is -0.481 e. The van der Waals surface area contributed by atoms with Crippen LogP contribution in [0.1, 0.15) is 135 Å². The maximum atomic E-state index is 12.3. The quantitative estimate of drug-likeness (QED) is 0.250. The van der Waals surface area contributed by atoms with Crippen molar-refractivity contribution >= 4 is 22.4 Å². The second-order valence-electron chi connectivity index (χ2n) is 19.6. The zero-order valence-corrected chi connectivity index (χ0v) is 31.9. The summed E-state index contributed by atoms with van der Waals surface area (Å²) in [6.45, 7) is 23.8. The number of benzene rings is 1. The molecule has 4 N–H and O–H groups in total. The number of hydrogen-bond donors (Lipinski definition) is 4. The van der Waals surface area contributed by atoms with Crippen molar-refractivity contribution in [3.63, 3.8) is 0 Å². The zero-order chi connectivity index (χ0) is 36.7. The van der Waals surface area contributed by atoms with Crippen LogP contribution in [0.15, 0.2) is 24.3 Å². The van der Waals surface area contributed by atoms with Crippen molar-refractivity contribution in [1.29, 1.82) is 0 Å². The Balaban J connectivity index is 1.22. The molecule has 0 spiro atoms. The van der Waals surface area contributed by atoms with Crippen LogP contribution in [0.3, 0.4) is 0 Å². The van der Waals surface area contributed by atoms with Crippen LogP contribution in [0.5, 0.6) is 0 Å². The smallest absolute Gasteiger partial charge is 0.308 e. The lowest BCUT2D eigenvalue weighted by Crippen LogP contribution is -2.65. The number of rotatable bonds is 4.